The molecule has 22 nitrogen and oxygen atoms in total. The molecule has 16 bridgehead atoms. The van der Waals surface area contributed by atoms with Crippen LogP contribution in [-0.2, 0) is 37.5 Å². The van der Waals surface area contributed by atoms with Crippen LogP contribution in [0.2, 0.25) is 0 Å². The first-order valence-electron chi connectivity index (χ1n) is 27.4. The molecular formula is C64H34ClN16O6RhS2. The Balaban J connectivity index is 0.000000140. The van der Waals surface area contributed by atoms with E-state index in [1.54, 1.807) is 12.1 Å². The van der Waals surface area contributed by atoms with Gasteiger partial charge in [-0.2, -0.15) is 0 Å². The van der Waals surface area contributed by atoms with Crippen LogP contribution in [0.15, 0.2) is 192 Å². The second kappa shape index (κ2) is 20.9. The molecule has 4 N–H and O–H groups in total. The molecule has 4 aliphatic heterocycles. The Labute approximate surface area is 520 Å². The summed E-state index contributed by atoms with van der Waals surface area (Å²) in [5.41, 5.74) is 9.09. The minimum atomic E-state index is -4.87. The Morgan fingerprint density at radius 3 is 0.678 bits per heavy atom. The number of halogens is 1. The maximum atomic E-state index is 12.4. The van der Waals surface area contributed by atoms with Crippen molar-refractivity contribution in [1.29, 1.82) is 0 Å². The van der Waals surface area contributed by atoms with Crippen LogP contribution >= 0.6 is 9.69 Å². The van der Waals surface area contributed by atoms with E-state index in [4.69, 9.17) is 59.8 Å². The van der Waals surface area contributed by atoms with Gasteiger partial charge in [-0.05, 0) is 12.1 Å². The SMILES string of the molecule is O=S(=O)([O-])c1cccc2c3nc4nc(nc5[nH]c(nc6nc(nc([nH]3)c12)-c1ccccc1-6)c1ccccc51)-c1ccccc1-4.O=S(=O)([O-])c1cccc2c3nc4nc(nc5[nH]c(nc6nc(nc([nH]3)c12)-c1ccccc1-6)c1ccccc51)-c1ccccc1-4.[Cl][Rh+2]. The zero-order chi connectivity index (χ0) is 61.2. The molecule has 14 aromatic rings. The molecule has 0 amide bonds. The Kier molecular flexibility index (Phi) is 12.7. The summed E-state index contributed by atoms with van der Waals surface area (Å²) >= 11 is 2.02. The van der Waals surface area contributed by atoms with Crippen molar-refractivity contribution in [3.05, 3.63) is 182 Å². The fourth-order valence-corrected chi connectivity index (χ4v) is 13.1. The Morgan fingerprint density at radius 1 is 0.256 bits per heavy atom. The van der Waals surface area contributed by atoms with Crippen LogP contribution in [0.25, 0.3) is 179 Å². The Bertz CT molecular complexity index is 5700. The van der Waals surface area contributed by atoms with Crippen LogP contribution in [0.5, 0.6) is 0 Å². The van der Waals surface area contributed by atoms with Gasteiger partial charge in [0.15, 0.2) is 46.6 Å². The van der Waals surface area contributed by atoms with Crippen LogP contribution in [-0.4, -0.2) is 106 Å². The van der Waals surface area contributed by atoms with E-state index in [9.17, 15) is 25.9 Å². The average molecular weight is 1330 g/mol. The first kappa shape index (κ1) is 54.6. The predicted molar refractivity (Wildman–Crippen MR) is 334 cm³/mol. The van der Waals surface area contributed by atoms with Crippen LogP contribution < -0.4 is 0 Å². The number of fused-ring (bicyclic) bond motifs is 40. The fourth-order valence-electron chi connectivity index (χ4n) is 11.7. The number of nitrogens with zero attached hydrogens (tertiary/aromatic N) is 12. The Hall–Kier alpha value is -10.8. The van der Waals surface area contributed by atoms with Crippen LogP contribution in [0.1, 0.15) is 0 Å². The van der Waals surface area contributed by atoms with Gasteiger partial charge in [0.2, 0.25) is 0 Å². The van der Waals surface area contributed by atoms with Gasteiger partial charge in [0, 0.05) is 87.6 Å². The summed E-state index contributed by atoms with van der Waals surface area (Å²) in [5, 5.41) is 4.49. The molecule has 6 aromatic heterocycles. The normalized spacial score (nSPS) is 12.2. The van der Waals surface area contributed by atoms with Gasteiger partial charge in [0.1, 0.15) is 65.4 Å². The molecule has 0 saturated carbocycles. The summed E-state index contributed by atoms with van der Waals surface area (Å²) in [5.74, 6) is 3.09. The van der Waals surface area contributed by atoms with E-state index in [-0.39, 0.29) is 22.1 Å². The Morgan fingerprint density at radius 2 is 0.444 bits per heavy atom. The van der Waals surface area contributed by atoms with Crippen molar-refractivity contribution in [3.8, 4) is 91.1 Å². The second-order valence-electron chi connectivity index (χ2n) is 20.8. The predicted octanol–water partition coefficient (Wildman–Crippen LogP) is 12.2. The summed E-state index contributed by atoms with van der Waals surface area (Å²) < 4.78 is 74.5. The summed E-state index contributed by atoms with van der Waals surface area (Å²) in [6, 6.07) is 54.7. The molecule has 434 valence electrons. The van der Waals surface area contributed by atoms with Gasteiger partial charge in [-0.1, -0.05) is 170 Å². The van der Waals surface area contributed by atoms with Gasteiger partial charge in [0.25, 0.3) is 0 Å². The van der Waals surface area contributed by atoms with Gasteiger partial charge in [-0.3, -0.25) is 0 Å². The average Bonchev–Trinajstić information content (AvgIpc) is 1.65. The second-order valence-corrected chi connectivity index (χ2v) is 23.5. The van der Waals surface area contributed by atoms with Gasteiger partial charge in [-0.15, -0.1) is 0 Å². The summed E-state index contributed by atoms with van der Waals surface area (Å²) in [4.78, 5) is 70.4. The standard InChI is InChI=1S/2C32H18N8O3S.ClH.Rh/c2*41-44(42,43)23-15-7-14-22-24(23)32-39-30-21-13-6-5-12-20(21)28(37-30)35-26-17-9-2-1-8-16(17)25(33-26)34-27-18-10-3-4-11-19(18)29(36-27)38-31(22)40-32;;/h2*1-15H,(H,41,42,43)(H2,33,34,35,36,37,38,39,40);1H;/q;;;+3/p-3. The van der Waals surface area contributed by atoms with E-state index in [2.05, 4.69) is 29.6 Å². The van der Waals surface area contributed by atoms with E-state index >= 15 is 0 Å². The molecular weight excluding hydrogens is 1290 g/mol. The van der Waals surface area contributed by atoms with Crippen molar-refractivity contribution >= 4 is 118 Å². The summed E-state index contributed by atoms with van der Waals surface area (Å²) in [6.07, 6.45) is 0. The van der Waals surface area contributed by atoms with E-state index in [1.165, 1.54) is 24.3 Å². The maximum absolute atomic E-state index is 12.4. The van der Waals surface area contributed by atoms with Gasteiger partial charge in [-0.25, -0.2) is 76.6 Å². The summed E-state index contributed by atoms with van der Waals surface area (Å²) in [6.45, 7) is 0. The van der Waals surface area contributed by atoms with Crippen LogP contribution in [0, 0.1) is 0 Å². The fraction of sp³-hybridized carbons (Fsp3) is 0. The zero-order valence-corrected chi connectivity index (χ0v) is 49.7. The number of aromatic nitrogens is 16. The number of rotatable bonds is 2. The van der Waals surface area contributed by atoms with Gasteiger partial charge in [0.05, 0.1) is 9.79 Å². The zero-order valence-electron chi connectivity index (χ0n) is 45.7. The monoisotopic (exact) mass is 1320 g/mol. The molecule has 0 atom stereocenters. The minimum absolute atomic E-state index is 0.122. The van der Waals surface area contributed by atoms with Crippen LogP contribution in [0.3, 0.4) is 0 Å². The number of nitrogens with one attached hydrogen (secondary N) is 4. The van der Waals surface area contributed by atoms with Crippen molar-refractivity contribution in [2.45, 2.75) is 9.79 Å². The molecule has 4 aliphatic rings. The third-order valence-corrected chi connectivity index (χ3v) is 17.4. The molecule has 18 rings (SSSR count). The molecule has 10 heterocycles. The number of hydrogen-bond donors (Lipinski definition) is 4. The van der Waals surface area contributed by atoms with E-state index in [0.29, 0.717) is 102 Å². The van der Waals surface area contributed by atoms with E-state index < -0.39 is 30.0 Å². The number of benzene rings is 8. The summed E-state index contributed by atoms with van der Waals surface area (Å²) in [7, 11) is -5.20. The van der Waals surface area contributed by atoms with Crippen molar-refractivity contribution < 1.29 is 43.3 Å². The van der Waals surface area contributed by atoms with Crippen molar-refractivity contribution in [1.82, 2.24) is 79.7 Å². The first-order valence-corrected chi connectivity index (χ1v) is 32.3. The molecule has 0 saturated heterocycles. The third kappa shape index (κ3) is 9.00. The molecule has 0 unspecified atom stereocenters. The molecule has 0 aliphatic carbocycles. The number of hydrogen-bond acceptors (Lipinski definition) is 18. The number of aromatic amines is 4. The molecule has 0 fully saturated rings. The molecule has 26 heteroatoms. The number of H-pyrrole nitrogens is 4. The quantitative estimate of drug-likeness (QED) is 0.0922. The first-order chi connectivity index (χ1) is 43.8. The van der Waals surface area contributed by atoms with Crippen molar-refractivity contribution in [2.24, 2.45) is 0 Å². The van der Waals surface area contributed by atoms with E-state index in [0.717, 1.165) is 54.9 Å². The molecule has 8 aromatic carbocycles. The van der Waals surface area contributed by atoms with E-state index in [1.807, 2.05) is 163 Å². The van der Waals surface area contributed by atoms with Crippen LogP contribution in [0.4, 0.5) is 0 Å². The van der Waals surface area contributed by atoms with Gasteiger partial charge >= 0.3 is 27.0 Å². The molecule has 0 spiro atoms. The van der Waals surface area contributed by atoms with Crippen molar-refractivity contribution in [2.75, 3.05) is 0 Å². The molecule has 0 radical (unpaired) electrons. The van der Waals surface area contributed by atoms with Crippen molar-refractivity contribution in [3.63, 3.8) is 0 Å². The third-order valence-electron chi connectivity index (χ3n) is 15.6. The molecule has 90 heavy (non-hydrogen) atoms. The topological polar surface area (TPSA) is 332 Å². The van der Waals surface area contributed by atoms with Gasteiger partial charge < -0.3 is 29.0 Å².